The molecule has 0 radical (unpaired) electrons. The van der Waals surface area contributed by atoms with Crippen molar-refractivity contribution in [2.75, 3.05) is 38.1 Å². The van der Waals surface area contributed by atoms with Crippen molar-refractivity contribution in [2.45, 2.75) is 38.6 Å². The lowest BCUT2D eigenvalue weighted by Crippen LogP contribution is -2.50. The van der Waals surface area contributed by atoms with Gasteiger partial charge in [-0.3, -0.25) is 14.5 Å². The van der Waals surface area contributed by atoms with E-state index in [4.69, 9.17) is 4.74 Å². The number of nitrogens with one attached hydrogen (secondary N) is 1. The van der Waals surface area contributed by atoms with Crippen molar-refractivity contribution in [1.82, 2.24) is 9.80 Å². The molecule has 0 aromatic heterocycles. The molecule has 0 unspecified atom stereocenters. The molecule has 1 N–H and O–H groups in total. The van der Waals surface area contributed by atoms with Gasteiger partial charge in [0.2, 0.25) is 0 Å². The Labute approximate surface area is 255 Å². The molecule has 1 heterocycles. The van der Waals surface area contributed by atoms with Crippen molar-refractivity contribution in [1.29, 1.82) is 0 Å². The van der Waals surface area contributed by atoms with Gasteiger partial charge in [-0.15, -0.1) is 0 Å². The number of ether oxygens (including phenoxy) is 1. The zero-order valence-electron chi connectivity index (χ0n) is 25.0. The number of para-hydroxylation sites is 1. The van der Waals surface area contributed by atoms with E-state index in [1.807, 2.05) is 41.3 Å². The van der Waals surface area contributed by atoms with E-state index in [1.54, 1.807) is 24.3 Å². The van der Waals surface area contributed by atoms with Crippen molar-refractivity contribution in [3.05, 3.63) is 131 Å². The summed E-state index contributed by atoms with van der Waals surface area (Å²) in [6.07, 6.45) is 4.59. The minimum absolute atomic E-state index is 0.0710. The highest BCUT2D eigenvalue weighted by atomic mass is 16.5. The first kappa shape index (κ1) is 30.1. The Morgan fingerprint density at radius 3 is 1.95 bits per heavy atom. The largest absolute Gasteiger partial charge is 0.494 e. The van der Waals surface area contributed by atoms with Crippen LogP contribution in [-0.2, 0) is 0 Å². The fourth-order valence-corrected chi connectivity index (χ4v) is 5.63. The second-order valence-electron chi connectivity index (χ2n) is 11.0. The third-order valence-electron chi connectivity index (χ3n) is 7.99. The maximum atomic E-state index is 13.7. The molecule has 1 fully saturated rings. The SMILES string of the molecule is CCCCCCOc1ccc(C(=O)Nc2ccccc2C(=O)N2CCN(C(c3ccccc3)c3ccccc3)CC2)cc1. The number of anilines is 1. The molecular weight excluding hydrogens is 534 g/mol. The molecule has 0 bridgehead atoms. The normalized spacial score (nSPS) is 13.6. The van der Waals surface area contributed by atoms with Crippen molar-refractivity contribution >= 4 is 17.5 Å². The Bertz CT molecular complexity index is 1410. The van der Waals surface area contributed by atoms with Gasteiger partial charge in [0, 0.05) is 31.7 Å². The number of nitrogens with zero attached hydrogens (tertiary/aromatic N) is 2. The molecule has 43 heavy (non-hydrogen) atoms. The van der Waals surface area contributed by atoms with E-state index in [2.05, 4.69) is 65.7 Å². The third-order valence-corrected chi connectivity index (χ3v) is 7.99. The van der Waals surface area contributed by atoms with Crippen molar-refractivity contribution in [2.24, 2.45) is 0 Å². The molecule has 1 saturated heterocycles. The van der Waals surface area contributed by atoms with Crippen LogP contribution >= 0.6 is 0 Å². The topological polar surface area (TPSA) is 61.9 Å². The van der Waals surface area contributed by atoms with E-state index in [9.17, 15) is 9.59 Å². The predicted octanol–water partition coefficient (Wildman–Crippen LogP) is 7.45. The third kappa shape index (κ3) is 7.90. The van der Waals surface area contributed by atoms with Crippen LogP contribution < -0.4 is 10.1 Å². The summed E-state index contributed by atoms with van der Waals surface area (Å²) in [4.78, 5) is 31.2. The number of amides is 2. The molecule has 0 atom stereocenters. The zero-order chi connectivity index (χ0) is 29.9. The van der Waals surface area contributed by atoms with Crippen LogP contribution in [0.2, 0.25) is 0 Å². The van der Waals surface area contributed by atoms with Gasteiger partial charge in [-0.25, -0.2) is 0 Å². The minimum atomic E-state index is -0.256. The average Bonchev–Trinajstić information content (AvgIpc) is 3.06. The quantitative estimate of drug-likeness (QED) is 0.178. The van der Waals surface area contributed by atoms with Gasteiger partial charge in [-0.05, 0) is 53.9 Å². The summed E-state index contributed by atoms with van der Waals surface area (Å²) < 4.78 is 5.81. The molecular formula is C37H41N3O3. The number of benzene rings is 4. The smallest absolute Gasteiger partial charge is 0.256 e. The Morgan fingerprint density at radius 1 is 0.721 bits per heavy atom. The summed E-state index contributed by atoms with van der Waals surface area (Å²) in [5.41, 5.74) is 4.02. The monoisotopic (exact) mass is 575 g/mol. The van der Waals surface area contributed by atoms with E-state index < -0.39 is 0 Å². The molecule has 1 aliphatic heterocycles. The van der Waals surface area contributed by atoms with Gasteiger partial charge in [0.15, 0.2) is 0 Å². The van der Waals surface area contributed by atoms with Gasteiger partial charge in [-0.1, -0.05) is 99.0 Å². The van der Waals surface area contributed by atoms with Crippen molar-refractivity contribution in [3.63, 3.8) is 0 Å². The lowest BCUT2D eigenvalue weighted by Gasteiger charge is -2.40. The van der Waals surface area contributed by atoms with Crippen LogP contribution in [0, 0.1) is 0 Å². The van der Waals surface area contributed by atoms with Crippen LogP contribution in [0.15, 0.2) is 109 Å². The lowest BCUT2D eigenvalue weighted by atomic mass is 9.96. The summed E-state index contributed by atoms with van der Waals surface area (Å²) >= 11 is 0. The van der Waals surface area contributed by atoms with Gasteiger partial charge in [0.1, 0.15) is 5.75 Å². The zero-order valence-corrected chi connectivity index (χ0v) is 25.0. The van der Waals surface area contributed by atoms with Crippen LogP contribution in [0.1, 0.15) is 70.5 Å². The molecule has 6 heteroatoms. The predicted molar refractivity (Wildman–Crippen MR) is 173 cm³/mol. The Morgan fingerprint density at radius 2 is 1.33 bits per heavy atom. The first-order valence-electron chi connectivity index (χ1n) is 15.4. The number of carbonyl (C=O) groups is 2. The highest BCUT2D eigenvalue weighted by Crippen LogP contribution is 2.30. The van der Waals surface area contributed by atoms with E-state index in [1.165, 1.54) is 24.0 Å². The standard InChI is InChI=1S/C37H41N3O3/c1-2-3-4-13-28-43-32-22-20-31(21-23-32)36(41)38-34-19-12-11-18-33(34)37(42)40-26-24-39(25-27-40)35(29-14-7-5-8-15-29)30-16-9-6-10-17-30/h5-12,14-23,35H,2-4,13,24-28H2,1H3,(H,38,41). The average molecular weight is 576 g/mol. The second kappa shape index (κ2) is 15.2. The molecule has 6 nitrogen and oxygen atoms in total. The number of hydrogen-bond donors (Lipinski definition) is 1. The van der Waals surface area contributed by atoms with Gasteiger partial charge < -0.3 is 15.0 Å². The van der Waals surface area contributed by atoms with E-state index in [0.29, 0.717) is 36.5 Å². The Kier molecular flexibility index (Phi) is 10.6. The van der Waals surface area contributed by atoms with E-state index in [-0.39, 0.29) is 17.9 Å². The fraction of sp³-hybridized carbons (Fsp3) is 0.297. The van der Waals surface area contributed by atoms with E-state index in [0.717, 1.165) is 31.7 Å². The highest BCUT2D eigenvalue weighted by molar-refractivity contribution is 6.09. The first-order valence-corrected chi connectivity index (χ1v) is 15.4. The molecule has 5 rings (SSSR count). The van der Waals surface area contributed by atoms with E-state index >= 15 is 0 Å². The fourth-order valence-electron chi connectivity index (χ4n) is 5.63. The van der Waals surface area contributed by atoms with Crippen LogP contribution in [-0.4, -0.2) is 54.4 Å². The van der Waals surface area contributed by atoms with Gasteiger partial charge in [-0.2, -0.15) is 0 Å². The lowest BCUT2D eigenvalue weighted by molar-refractivity contribution is 0.0598. The minimum Gasteiger partial charge on any atom is -0.494 e. The number of rotatable bonds is 12. The molecule has 222 valence electrons. The number of hydrogen-bond acceptors (Lipinski definition) is 4. The number of piperazine rings is 1. The molecule has 2 amide bonds. The summed E-state index contributed by atoms with van der Waals surface area (Å²) in [7, 11) is 0. The Balaban J connectivity index is 1.21. The summed E-state index contributed by atoms with van der Waals surface area (Å²) in [6, 6.07) is 35.6. The first-order chi connectivity index (χ1) is 21.1. The van der Waals surface area contributed by atoms with Crippen LogP contribution in [0.4, 0.5) is 5.69 Å². The maximum Gasteiger partial charge on any atom is 0.256 e. The molecule has 0 saturated carbocycles. The van der Waals surface area contributed by atoms with Crippen molar-refractivity contribution in [3.8, 4) is 5.75 Å². The molecule has 4 aromatic rings. The molecule has 0 aliphatic carbocycles. The van der Waals surface area contributed by atoms with Gasteiger partial charge in [0.25, 0.3) is 11.8 Å². The maximum absolute atomic E-state index is 13.7. The Hall–Kier alpha value is -4.42. The molecule has 4 aromatic carbocycles. The molecule has 1 aliphatic rings. The summed E-state index contributed by atoms with van der Waals surface area (Å²) in [6.45, 7) is 5.58. The molecule has 0 spiro atoms. The van der Waals surface area contributed by atoms with Crippen LogP contribution in [0.25, 0.3) is 0 Å². The second-order valence-corrected chi connectivity index (χ2v) is 11.0. The van der Waals surface area contributed by atoms with Crippen LogP contribution in [0.5, 0.6) is 5.75 Å². The summed E-state index contributed by atoms with van der Waals surface area (Å²) in [5.74, 6) is 0.427. The van der Waals surface area contributed by atoms with Crippen LogP contribution in [0.3, 0.4) is 0 Å². The number of carbonyl (C=O) groups excluding carboxylic acids is 2. The van der Waals surface area contributed by atoms with Gasteiger partial charge in [0.05, 0.1) is 23.9 Å². The van der Waals surface area contributed by atoms with Gasteiger partial charge >= 0.3 is 0 Å². The highest BCUT2D eigenvalue weighted by Gasteiger charge is 2.29. The summed E-state index contributed by atoms with van der Waals surface area (Å²) in [5, 5.41) is 2.96. The number of unbranched alkanes of at least 4 members (excludes halogenated alkanes) is 3. The van der Waals surface area contributed by atoms with Crippen molar-refractivity contribution < 1.29 is 14.3 Å².